The molecule has 0 heterocycles. The van der Waals surface area contributed by atoms with E-state index in [0.717, 1.165) is 5.56 Å². The van der Waals surface area contributed by atoms with Crippen LogP contribution in [0.2, 0.25) is 0 Å². The third kappa shape index (κ3) is 3.39. The minimum atomic E-state index is -0.478. The quantitative estimate of drug-likeness (QED) is 0.845. The molecule has 0 saturated carbocycles. The minimum absolute atomic E-state index is 0.0173. The summed E-state index contributed by atoms with van der Waals surface area (Å²) < 4.78 is 19.8. The van der Waals surface area contributed by atoms with E-state index in [0.29, 0.717) is 11.5 Å². The van der Waals surface area contributed by atoms with Crippen LogP contribution in [0.1, 0.15) is 31.9 Å². The van der Waals surface area contributed by atoms with Crippen molar-refractivity contribution in [3.05, 3.63) is 59.4 Å². The van der Waals surface area contributed by atoms with Crippen LogP contribution in [0.15, 0.2) is 42.5 Å². The normalized spacial score (nSPS) is 11.2. The molecular formula is C17H18FNOS. The lowest BCUT2D eigenvalue weighted by Gasteiger charge is -2.23. The van der Waals surface area contributed by atoms with Gasteiger partial charge in [-0.15, -0.1) is 0 Å². The van der Waals surface area contributed by atoms with Crippen LogP contribution in [0.3, 0.4) is 0 Å². The predicted molar refractivity (Wildman–Crippen MR) is 87.5 cm³/mol. The molecular weight excluding hydrogens is 285 g/mol. The average molecular weight is 303 g/mol. The fraction of sp³-hybridized carbons (Fsp3) is 0.235. The van der Waals surface area contributed by atoms with E-state index >= 15 is 0 Å². The molecule has 0 aliphatic carbocycles. The lowest BCUT2D eigenvalue weighted by Crippen LogP contribution is -2.15. The van der Waals surface area contributed by atoms with E-state index in [1.165, 1.54) is 6.07 Å². The molecule has 2 rings (SSSR count). The zero-order chi connectivity index (χ0) is 15.6. The summed E-state index contributed by atoms with van der Waals surface area (Å²) in [4.78, 5) is -0.0173. The second-order valence-corrected chi connectivity index (χ2v) is 6.27. The average Bonchev–Trinajstić information content (AvgIpc) is 2.37. The van der Waals surface area contributed by atoms with Crippen molar-refractivity contribution in [3.63, 3.8) is 0 Å². The zero-order valence-electron chi connectivity index (χ0n) is 12.3. The molecule has 4 heteroatoms. The Morgan fingerprint density at radius 2 is 1.67 bits per heavy atom. The van der Waals surface area contributed by atoms with Gasteiger partial charge in [0.1, 0.15) is 22.3 Å². The van der Waals surface area contributed by atoms with Gasteiger partial charge in [-0.05, 0) is 23.6 Å². The van der Waals surface area contributed by atoms with Crippen LogP contribution >= 0.6 is 12.2 Å². The maximum absolute atomic E-state index is 13.9. The van der Waals surface area contributed by atoms with Gasteiger partial charge >= 0.3 is 0 Å². The van der Waals surface area contributed by atoms with Crippen molar-refractivity contribution in [3.8, 4) is 11.5 Å². The molecule has 0 bridgehead atoms. The summed E-state index contributed by atoms with van der Waals surface area (Å²) in [5, 5.41) is 0. The number of ether oxygens (including phenoxy) is 1. The monoisotopic (exact) mass is 303 g/mol. The minimum Gasteiger partial charge on any atom is -0.456 e. The molecule has 0 atom stereocenters. The first-order chi connectivity index (χ1) is 9.80. The summed E-state index contributed by atoms with van der Waals surface area (Å²) in [5.41, 5.74) is 6.68. The van der Waals surface area contributed by atoms with Gasteiger partial charge in [-0.1, -0.05) is 57.3 Å². The van der Waals surface area contributed by atoms with E-state index in [2.05, 4.69) is 20.8 Å². The van der Waals surface area contributed by atoms with Crippen LogP contribution in [0.5, 0.6) is 11.5 Å². The lowest BCUT2D eigenvalue weighted by atomic mass is 9.86. The van der Waals surface area contributed by atoms with Gasteiger partial charge in [0.2, 0.25) is 0 Å². The van der Waals surface area contributed by atoms with Gasteiger partial charge in [-0.2, -0.15) is 0 Å². The van der Waals surface area contributed by atoms with Crippen LogP contribution in [0, 0.1) is 5.82 Å². The Kier molecular flexibility index (Phi) is 4.28. The molecule has 0 unspecified atom stereocenters. The molecule has 0 fully saturated rings. The molecule has 0 spiro atoms. The Morgan fingerprint density at radius 3 is 2.29 bits per heavy atom. The van der Waals surface area contributed by atoms with Crippen LogP contribution in [0.4, 0.5) is 4.39 Å². The van der Waals surface area contributed by atoms with E-state index < -0.39 is 5.82 Å². The summed E-state index contributed by atoms with van der Waals surface area (Å²) in [5.74, 6) is 0.528. The Bertz CT molecular complexity index is 677. The van der Waals surface area contributed by atoms with E-state index in [9.17, 15) is 4.39 Å². The van der Waals surface area contributed by atoms with Crippen LogP contribution in [-0.2, 0) is 5.41 Å². The van der Waals surface area contributed by atoms with Crippen molar-refractivity contribution >= 4 is 17.2 Å². The van der Waals surface area contributed by atoms with E-state index in [1.807, 2.05) is 24.3 Å². The van der Waals surface area contributed by atoms with Gasteiger partial charge in [-0.25, -0.2) is 4.39 Å². The number of nitrogens with two attached hydrogens (primary N) is 1. The SMILES string of the molecule is CC(C)(C)c1ccccc1Oc1cccc(F)c1C(N)=S. The van der Waals surface area contributed by atoms with Gasteiger partial charge in [0, 0.05) is 5.56 Å². The number of hydrogen-bond donors (Lipinski definition) is 1. The van der Waals surface area contributed by atoms with E-state index in [4.69, 9.17) is 22.7 Å². The molecule has 0 aromatic heterocycles. The molecule has 0 saturated heterocycles. The third-order valence-electron chi connectivity index (χ3n) is 3.14. The molecule has 0 radical (unpaired) electrons. The number of thiocarbonyl (C=S) groups is 1. The second kappa shape index (κ2) is 5.82. The fourth-order valence-corrected chi connectivity index (χ4v) is 2.32. The Balaban J connectivity index is 2.50. The van der Waals surface area contributed by atoms with Gasteiger partial charge in [0.15, 0.2) is 0 Å². The van der Waals surface area contributed by atoms with Gasteiger partial charge in [0.25, 0.3) is 0 Å². The Morgan fingerprint density at radius 1 is 1.05 bits per heavy atom. The summed E-state index contributed by atoms with van der Waals surface area (Å²) in [7, 11) is 0. The summed E-state index contributed by atoms with van der Waals surface area (Å²) in [6, 6.07) is 12.2. The number of benzene rings is 2. The molecule has 21 heavy (non-hydrogen) atoms. The smallest absolute Gasteiger partial charge is 0.140 e. The van der Waals surface area contributed by atoms with E-state index in [-0.39, 0.29) is 16.0 Å². The van der Waals surface area contributed by atoms with Crippen LogP contribution in [0.25, 0.3) is 0 Å². The van der Waals surface area contributed by atoms with Crippen molar-refractivity contribution < 1.29 is 9.13 Å². The summed E-state index contributed by atoms with van der Waals surface area (Å²) >= 11 is 4.92. The standard InChI is InChI=1S/C17H18FNOS/c1-17(2,3)11-7-4-5-9-13(11)20-14-10-6-8-12(18)15(14)16(19)21/h4-10H,1-3H3,(H2,19,21). The van der Waals surface area contributed by atoms with Gasteiger partial charge < -0.3 is 10.5 Å². The van der Waals surface area contributed by atoms with Crippen molar-refractivity contribution in [1.29, 1.82) is 0 Å². The first kappa shape index (κ1) is 15.4. The number of para-hydroxylation sites is 1. The van der Waals surface area contributed by atoms with Crippen molar-refractivity contribution in [1.82, 2.24) is 0 Å². The fourth-order valence-electron chi connectivity index (χ4n) is 2.12. The predicted octanol–water partition coefficient (Wildman–Crippen LogP) is 4.55. The summed E-state index contributed by atoms with van der Waals surface area (Å²) in [6.45, 7) is 6.28. The highest BCUT2D eigenvalue weighted by Crippen LogP contribution is 2.35. The van der Waals surface area contributed by atoms with Crippen molar-refractivity contribution in [2.24, 2.45) is 5.73 Å². The molecule has 0 aliphatic heterocycles. The summed E-state index contributed by atoms with van der Waals surface area (Å²) in [6.07, 6.45) is 0. The third-order valence-corrected chi connectivity index (χ3v) is 3.34. The Labute approximate surface area is 129 Å². The maximum atomic E-state index is 13.9. The molecule has 0 aliphatic rings. The van der Waals surface area contributed by atoms with Gasteiger partial charge in [-0.3, -0.25) is 0 Å². The second-order valence-electron chi connectivity index (χ2n) is 5.83. The number of halogens is 1. The number of rotatable bonds is 3. The highest BCUT2D eigenvalue weighted by Gasteiger charge is 2.20. The first-order valence-corrected chi connectivity index (χ1v) is 7.07. The molecule has 2 nitrogen and oxygen atoms in total. The molecule has 2 aromatic rings. The lowest BCUT2D eigenvalue weighted by molar-refractivity contribution is 0.450. The highest BCUT2D eigenvalue weighted by molar-refractivity contribution is 7.80. The largest absolute Gasteiger partial charge is 0.456 e. The van der Waals surface area contributed by atoms with E-state index in [1.54, 1.807) is 12.1 Å². The van der Waals surface area contributed by atoms with Crippen LogP contribution < -0.4 is 10.5 Å². The first-order valence-electron chi connectivity index (χ1n) is 6.66. The zero-order valence-corrected chi connectivity index (χ0v) is 13.1. The molecule has 110 valence electrons. The highest BCUT2D eigenvalue weighted by atomic mass is 32.1. The van der Waals surface area contributed by atoms with Crippen molar-refractivity contribution in [2.45, 2.75) is 26.2 Å². The molecule has 2 N–H and O–H groups in total. The molecule has 0 amide bonds. The maximum Gasteiger partial charge on any atom is 0.140 e. The van der Waals surface area contributed by atoms with Crippen molar-refractivity contribution in [2.75, 3.05) is 0 Å². The Hall–Kier alpha value is -1.94. The van der Waals surface area contributed by atoms with Gasteiger partial charge in [0.05, 0.1) is 5.56 Å². The number of hydrogen-bond acceptors (Lipinski definition) is 2. The molecule has 2 aromatic carbocycles. The van der Waals surface area contributed by atoms with Crippen LogP contribution in [-0.4, -0.2) is 4.99 Å². The topological polar surface area (TPSA) is 35.2 Å².